The van der Waals surface area contributed by atoms with E-state index < -0.39 is 0 Å². The van der Waals surface area contributed by atoms with E-state index in [-0.39, 0.29) is 0 Å². The third-order valence-electron chi connectivity index (χ3n) is 0.759. The molecule has 0 atom stereocenters. The van der Waals surface area contributed by atoms with Crippen molar-refractivity contribution < 1.29 is 0 Å². The fourth-order valence-corrected chi connectivity index (χ4v) is 0.834. The van der Waals surface area contributed by atoms with Crippen molar-refractivity contribution in [1.82, 2.24) is 0 Å². The summed E-state index contributed by atoms with van der Waals surface area (Å²) >= 11 is 8.69. The molecule has 0 aliphatic carbocycles. The lowest BCUT2D eigenvalue weighted by atomic mass is 10.3. The molecule has 9 heavy (non-hydrogen) atoms. The molecule has 0 amide bonds. The van der Waals surface area contributed by atoms with E-state index in [1.807, 2.05) is 6.08 Å². The highest BCUT2D eigenvalue weighted by atomic mass is 79.9. The number of hydrogen-bond donors (Lipinski definition) is 0. The van der Waals surface area contributed by atoms with Crippen molar-refractivity contribution in [3.63, 3.8) is 0 Å². The van der Waals surface area contributed by atoms with E-state index in [1.54, 1.807) is 6.08 Å². The number of allylic oxidation sites excluding steroid dienone is 4. The second kappa shape index (κ2) is 4.83. The largest absolute Gasteiger partial charge is 0.122 e. The zero-order valence-corrected chi connectivity index (χ0v) is 7.37. The molecule has 0 aliphatic rings. The fraction of sp³-hybridized carbons (Fsp3) is 0.143. The molecule has 0 nitrogen and oxygen atoms in total. The van der Waals surface area contributed by atoms with Crippen LogP contribution in [0.15, 0.2) is 35.4 Å². The standard InChI is InChI=1S/C7H8BrCl/c1-3-7(5-9)4-6(2)8/h3-4H,1-2,5H2/b7-4+. The van der Waals surface area contributed by atoms with Gasteiger partial charge in [-0.3, -0.25) is 0 Å². The maximum Gasteiger partial charge on any atom is 0.0474 e. The highest BCUT2D eigenvalue weighted by Crippen LogP contribution is 2.08. The van der Waals surface area contributed by atoms with Gasteiger partial charge in [0, 0.05) is 10.4 Å². The van der Waals surface area contributed by atoms with Gasteiger partial charge >= 0.3 is 0 Å². The monoisotopic (exact) mass is 206 g/mol. The molecule has 0 fully saturated rings. The van der Waals surface area contributed by atoms with Crippen LogP contribution in [0.1, 0.15) is 0 Å². The second-order valence-electron chi connectivity index (χ2n) is 1.50. The molecule has 0 radical (unpaired) electrons. The Labute approximate surface area is 69.0 Å². The van der Waals surface area contributed by atoms with Crippen LogP contribution in [0, 0.1) is 0 Å². The van der Waals surface area contributed by atoms with Gasteiger partial charge in [-0.25, -0.2) is 0 Å². The molecular formula is C7H8BrCl. The first-order valence-electron chi connectivity index (χ1n) is 2.44. The average molecular weight is 207 g/mol. The van der Waals surface area contributed by atoms with E-state index in [4.69, 9.17) is 11.6 Å². The number of alkyl halides is 1. The summed E-state index contributed by atoms with van der Waals surface area (Å²) in [6, 6.07) is 0. The maximum absolute atomic E-state index is 5.51. The summed E-state index contributed by atoms with van der Waals surface area (Å²) in [7, 11) is 0. The Morgan fingerprint density at radius 2 is 2.22 bits per heavy atom. The Balaban J connectivity index is 4.07. The van der Waals surface area contributed by atoms with Crippen molar-refractivity contribution in [2.45, 2.75) is 0 Å². The third kappa shape index (κ3) is 4.49. The lowest BCUT2D eigenvalue weighted by Crippen LogP contribution is -1.76. The summed E-state index contributed by atoms with van der Waals surface area (Å²) in [6.45, 7) is 7.19. The van der Waals surface area contributed by atoms with Gasteiger partial charge in [0.2, 0.25) is 0 Å². The molecule has 0 spiro atoms. The topological polar surface area (TPSA) is 0 Å². The molecule has 0 aliphatic heterocycles. The predicted octanol–water partition coefficient (Wildman–Crippen LogP) is 3.25. The van der Waals surface area contributed by atoms with Crippen molar-refractivity contribution in [3.8, 4) is 0 Å². The van der Waals surface area contributed by atoms with Gasteiger partial charge in [-0.05, 0) is 11.6 Å². The van der Waals surface area contributed by atoms with Gasteiger partial charge in [0.15, 0.2) is 0 Å². The quantitative estimate of drug-likeness (QED) is 0.492. The summed E-state index contributed by atoms with van der Waals surface area (Å²) in [5.41, 5.74) is 0.971. The molecule has 0 bridgehead atoms. The van der Waals surface area contributed by atoms with Crippen molar-refractivity contribution >= 4 is 27.5 Å². The second-order valence-corrected chi connectivity index (χ2v) is 2.79. The summed E-state index contributed by atoms with van der Waals surface area (Å²) in [6.07, 6.45) is 3.54. The number of rotatable bonds is 3. The minimum Gasteiger partial charge on any atom is -0.122 e. The molecule has 0 aromatic heterocycles. The number of halogens is 2. The average Bonchev–Trinajstić information content (AvgIpc) is 1.82. The predicted molar refractivity (Wildman–Crippen MR) is 47.1 cm³/mol. The van der Waals surface area contributed by atoms with Crippen LogP contribution in [0.2, 0.25) is 0 Å². The SMILES string of the molecule is C=C/C(=C\C(=C)Br)CCl. The summed E-state index contributed by atoms with van der Waals surface area (Å²) in [4.78, 5) is 0. The molecule has 0 N–H and O–H groups in total. The first kappa shape index (κ1) is 8.99. The summed E-state index contributed by atoms with van der Waals surface area (Å²) in [5, 5.41) is 0. The highest BCUT2D eigenvalue weighted by Gasteiger charge is 1.86. The van der Waals surface area contributed by atoms with Gasteiger partial charge in [0.25, 0.3) is 0 Å². The Hall–Kier alpha value is -0.0100. The minimum atomic E-state index is 0.480. The molecule has 0 unspecified atom stereocenters. The van der Waals surface area contributed by atoms with Crippen LogP contribution in [0.3, 0.4) is 0 Å². The van der Waals surface area contributed by atoms with Crippen LogP contribution in [0.5, 0.6) is 0 Å². The molecule has 2 heteroatoms. The Kier molecular flexibility index (Phi) is 4.83. The Morgan fingerprint density at radius 1 is 1.67 bits per heavy atom. The van der Waals surface area contributed by atoms with E-state index in [1.165, 1.54) is 0 Å². The smallest absolute Gasteiger partial charge is 0.0474 e. The Morgan fingerprint density at radius 3 is 2.33 bits per heavy atom. The summed E-state index contributed by atoms with van der Waals surface area (Å²) < 4.78 is 0.818. The van der Waals surface area contributed by atoms with E-state index in [2.05, 4.69) is 29.1 Å². The van der Waals surface area contributed by atoms with E-state index in [9.17, 15) is 0 Å². The van der Waals surface area contributed by atoms with Crippen LogP contribution < -0.4 is 0 Å². The van der Waals surface area contributed by atoms with Gasteiger partial charge in [0.05, 0.1) is 0 Å². The highest BCUT2D eigenvalue weighted by molar-refractivity contribution is 9.11. The van der Waals surface area contributed by atoms with E-state index in [0.717, 1.165) is 10.1 Å². The third-order valence-corrected chi connectivity index (χ3v) is 1.30. The fourth-order valence-electron chi connectivity index (χ4n) is 0.353. The molecule has 0 saturated carbocycles. The molecule has 0 aromatic rings. The molecule has 0 heterocycles. The van der Waals surface area contributed by atoms with Crippen LogP contribution >= 0.6 is 27.5 Å². The van der Waals surface area contributed by atoms with Crippen molar-refractivity contribution in [2.75, 3.05) is 5.88 Å². The molecule has 50 valence electrons. The van der Waals surface area contributed by atoms with Crippen molar-refractivity contribution in [3.05, 3.63) is 35.4 Å². The van der Waals surface area contributed by atoms with Crippen molar-refractivity contribution in [1.29, 1.82) is 0 Å². The minimum absolute atomic E-state index is 0.480. The molecule has 0 aromatic carbocycles. The first-order valence-corrected chi connectivity index (χ1v) is 3.77. The number of hydrogen-bond acceptors (Lipinski definition) is 0. The maximum atomic E-state index is 5.51. The van der Waals surface area contributed by atoms with Crippen LogP contribution in [-0.4, -0.2) is 5.88 Å². The summed E-state index contributed by atoms with van der Waals surface area (Å²) in [5.74, 6) is 0.480. The molecule has 0 rings (SSSR count). The normalized spacial score (nSPS) is 11.1. The van der Waals surface area contributed by atoms with Gasteiger partial charge in [-0.1, -0.05) is 35.2 Å². The lowest BCUT2D eigenvalue weighted by molar-refractivity contribution is 1.54. The first-order chi connectivity index (χ1) is 4.20. The zero-order chi connectivity index (χ0) is 7.28. The molecule has 0 saturated heterocycles. The van der Waals surface area contributed by atoms with Gasteiger partial charge in [0.1, 0.15) is 0 Å². The van der Waals surface area contributed by atoms with Gasteiger partial charge < -0.3 is 0 Å². The Bertz CT molecular complexity index is 147. The van der Waals surface area contributed by atoms with Crippen LogP contribution in [0.25, 0.3) is 0 Å². The van der Waals surface area contributed by atoms with Gasteiger partial charge in [-0.15, -0.1) is 11.6 Å². The van der Waals surface area contributed by atoms with E-state index in [0.29, 0.717) is 5.88 Å². The molecular weight excluding hydrogens is 199 g/mol. The zero-order valence-electron chi connectivity index (χ0n) is 5.03. The van der Waals surface area contributed by atoms with Crippen LogP contribution in [-0.2, 0) is 0 Å². The van der Waals surface area contributed by atoms with E-state index >= 15 is 0 Å². The van der Waals surface area contributed by atoms with Crippen molar-refractivity contribution in [2.24, 2.45) is 0 Å². The van der Waals surface area contributed by atoms with Gasteiger partial charge in [-0.2, -0.15) is 0 Å². The lowest BCUT2D eigenvalue weighted by Gasteiger charge is -1.91. The van der Waals surface area contributed by atoms with Crippen LogP contribution in [0.4, 0.5) is 0 Å².